The lowest BCUT2D eigenvalue weighted by Gasteiger charge is -2.11. The summed E-state index contributed by atoms with van der Waals surface area (Å²) < 4.78 is 12.8. The molecule has 2 aromatic heterocycles. The Labute approximate surface area is 174 Å². The van der Waals surface area contributed by atoms with E-state index in [0.29, 0.717) is 22.3 Å². The van der Waals surface area contributed by atoms with Crippen LogP contribution in [0.25, 0.3) is 16.7 Å². The topological polar surface area (TPSA) is 61.2 Å². The number of fused-ring (bicyclic) bond motifs is 1. The third kappa shape index (κ3) is 3.47. The van der Waals surface area contributed by atoms with Crippen LogP contribution in [0.1, 0.15) is 11.3 Å². The van der Waals surface area contributed by atoms with Crippen LogP contribution < -0.4 is 14.8 Å². The molecule has 4 rings (SSSR count). The van der Waals surface area contributed by atoms with E-state index in [-0.39, 0.29) is 0 Å². The zero-order chi connectivity index (χ0) is 20.5. The number of aryl methyl sites for hydroxylation is 1. The number of benzene rings is 2. The summed E-state index contributed by atoms with van der Waals surface area (Å²) in [6, 6.07) is 13.3. The van der Waals surface area contributed by atoms with Crippen molar-refractivity contribution in [1.29, 1.82) is 0 Å². The van der Waals surface area contributed by atoms with E-state index in [2.05, 4.69) is 33.7 Å². The second-order valence-electron chi connectivity index (χ2n) is 6.67. The molecule has 7 heteroatoms. The first kappa shape index (κ1) is 19.1. The van der Waals surface area contributed by atoms with Gasteiger partial charge in [0.1, 0.15) is 23.6 Å². The average Bonchev–Trinajstić information content (AvgIpc) is 2.99. The molecule has 2 aromatic carbocycles. The number of rotatable bonds is 5. The molecule has 1 N–H and O–H groups in total. The summed E-state index contributed by atoms with van der Waals surface area (Å²) in [5, 5.41) is 5.02. The molecule has 2 heterocycles. The van der Waals surface area contributed by atoms with E-state index in [4.69, 9.17) is 21.1 Å². The Morgan fingerprint density at radius 3 is 2.34 bits per heavy atom. The average molecular weight is 409 g/mol. The summed E-state index contributed by atoms with van der Waals surface area (Å²) in [4.78, 5) is 9.05. The number of hydrogen-bond acceptors (Lipinski definition) is 5. The van der Waals surface area contributed by atoms with Crippen LogP contribution in [0.15, 0.2) is 48.8 Å². The number of hydrogen-bond donors (Lipinski definition) is 1. The van der Waals surface area contributed by atoms with Gasteiger partial charge < -0.3 is 14.8 Å². The van der Waals surface area contributed by atoms with Crippen LogP contribution in [-0.4, -0.2) is 28.8 Å². The van der Waals surface area contributed by atoms with Crippen LogP contribution in [0.3, 0.4) is 0 Å². The molecule has 6 nitrogen and oxygen atoms in total. The fourth-order valence-corrected chi connectivity index (χ4v) is 3.63. The molecular formula is C22H21ClN4O2. The Kier molecular flexibility index (Phi) is 5.03. The SMILES string of the molecule is COc1cc(Nc2ncnc3c2c(C)c(C)n3-c2cccc(Cl)c2)cc(OC)c1. The number of nitrogens with zero attached hydrogens (tertiary/aromatic N) is 3. The summed E-state index contributed by atoms with van der Waals surface area (Å²) in [5.41, 5.74) is 4.76. The van der Waals surface area contributed by atoms with Crippen LogP contribution in [0.5, 0.6) is 11.5 Å². The van der Waals surface area contributed by atoms with E-state index < -0.39 is 0 Å². The summed E-state index contributed by atoms with van der Waals surface area (Å²) in [6.45, 7) is 4.13. The maximum Gasteiger partial charge on any atom is 0.150 e. The van der Waals surface area contributed by atoms with Crippen LogP contribution in [0, 0.1) is 13.8 Å². The van der Waals surface area contributed by atoms with Crippen molar-refractivity contribution >= 4 is 34.1 Å². The third-order valence-electron chi connectivity index (χ3n) is 4.97. The maximum absolute atomic E-state index is 6.22. The maximum atomic E-state index is 6.22. The summed E-state index contributed by atoms with van der Waals surface area (Å²) >= 11 is 6.22. The minimum absolute atomic E-state index is 0.678. The van der Waals surface area contributed by atoms with E-state index in [1.54, 1.807) is 20.5 Å². The Bertz CT molecular complexity index is 1180. The number of anilines is 2. The Balaban J connectivity index is 1.87. The molecule has 0 bridgehead atoms. The van der Waals surface area contributed by atoms with Crippen LogP contribution in [0.2, 0.25) is 5.02 Å². The van der Waals surface area contributed by atoms with Gasteiger partial charge in [-0.15, -0.1) is 0 Å². The number of ether oxygens (including phenoxy) is 2. The Morgan fingerprint density at radius 1 is 0.966 bits per heavy atom. The summed E-state index contributed by atoms with van der Waals surface area (Å²) in [7, 11) is 3.25. The van der Waals surface area contributed by atoms with Gasteiger partial charge in [0.25, 0.3) is 0 Å². The molecule has 0 atom stereocenters. The van der Waals surface area contributed by atoms with Gasteiger partial charge >= 0.3 is 0 Å². The molecule has 0 saturated heterocycles. The Morgan fingerprint density at radius 2 is 1.69 bits per heavy atom. The summed E-state index contributed by atoms with van der Waals surface area (Å²) in [5.74, 6) is 2.11. The number of aromatic nitrogens is 3. The second-order valence-corrected chi connectivity index (χ2v) is 7.11. The standard InChI is InChI=1S/C22H21ClN4O2/c1-13-14(2)27(17-7-5-6-15(23)8-17)22-20(13)21(24-12-25-22)26-16-9-18(28-3)11-19(10-16)29-4/h5-12H,1-4H3,(H,24,25,26). The molecule has 148 valence electrons. The van der Waals surface area contributed by atoms with E-state index in [0.717, 1.165) is 33.7 Å². The first-order valence-corrected chi connectivity index (χ1v) is 9.48. The second kappa shape index (κ2) is 7.64. The predicted octanol–water partition coefficient (Wildman–Crippen LogP) is 5.45. The van der Waals surface area contributed by atoms with Crippen molar-refractivity contribution in [3.63, 3.8) is 0 Å². The van der Waals surface area contributed by atoms with Crippen molar-refractivity contribution in [3.8, 4) is 17.2 Å². The Hall–Kier alpha value is -3.25. The van der Waals surface area contributed by atoms with Gasteiger partial charge in [-0.25, -0.2) is 9.97 Å². The van der Waals surface area contributed by atoms with Crippen molar-refractivity contribution in [2.75, 3.05) is 19.5 Å². The van der Waals surface area contributed by atoms with Crippen molar-refractivity contribution in [3.05, 3.63) is 65.1 Å². The lowest BCUT2D eigenvalue weighted by molar-refractivity contribution is 0.395. The van der Waals surface area contributed by atoms with E-state index >= 15 is 0 Å². The summed E-state index contributed by atoms with van der Waals surface area (Å²) in [6.07, 6.45) is 1.56. The first-order chi connectivity index (χ1) is 14.0. The van der Waals surface area contributed by atoms with Crippen LogP contribution in [0.4, 0.5) is 11.5 Å². The van der Waals surface area contributed by atoms with Gasteiger partial charge in [0.15, 0.2) is 5.65 Å². The monoisotopic (exact) mass is 408 g/mol. The molecule has 0 spiro atoms. The lowest BCUT2D eigenvalue weighted by Crippen LogP contribution is -2.00. The number of halogens is 1. The minimum atomic E-state index is 0.678. The zero-order valence-electron chi connectivity index (χ0n) is 16.7. The van der Waals surface area contributed by atoms with Gasteiger partial charge in [-0.2, -0.15) is 0 Å². The molecule has 0 radical (unpaired) electrons. The van der Waals surface area contributed by atoms with Gasteiger partial charge in [-0.1, -0.05) is 17.7 Å². The third-order valence-corrected chi connectivity index (χ3v) is 5.21. The quantitative estimate of drug-likeness (QED) is 0.475. The molecule has 29 heavy (non-hydrogen) atoms. The molecule has 0 saturated carbocycles. The molecule has 0 aliphatic heterocycles. The van der Waals surface area contributed by atoms with E-state index in [1.165, 1.54) is 0 Å². The van der Waals surface area contributed by atoms with Gasteiger partial charge in [0.2, 0.25) is 0 Å². The largest absolute Gasteiger partial charge is 0.497 e. The van der Waals surface area contributed by atoms with Gasteiger partial charge in [0, 0.05) is 40.3 Å². The zero-order valence-corrected chi connectivity index (χ0v) is 17.4. The smallest absolute Gasteiger partial charge is 0.150 e. The van der Waals surface area contributed by atoms with Crippen molar-refractivity contribution in [2.45, 2.75) is 13.8 Å². The molecule has 0 amide bonds. The fraction of sp³-hybridized carbons (Fsp3) is 0.182. The van der Waals surface area contributed by atoms with Gasteiger partial charge in [0.05, 0.1) is 19.6 Å². The van der Waals surface area contributed by atoms with Crippen LogP contribution >= 0.6 is 11.6 Å². The molecule has 0 aliphatic carbocycles. The van der Waals surface area contributed by atoms with Gasteiger partial charge in [-0.05, 0) is 37.6 Å². The minimum Gasteiger partial charge on any atom is -0.497 e. The first-order valence-electron chi connectivity index (χ1n) is 9.10. The predicted molar refractivity (Wildman–Crippen MR) is 116 cm³/mol. The van der Waals surface area contributed by atoms with Gasteiger partial charge in [-0.3, -0.25) is 4.57 Å². The highest BCUT2D eigenvalue weighted by Crippen LogP contribution is 2.34. The van der Waals surface area contributed by atoms with Crippen molar-refractivity contribution in [2.24, 2.45) is 0 Å². The highest BCUT2D eigenvalue weighted by molar-refractivity contribution is 6.30. The fourth-order valence-electron chi connectivity index (χ4n) is 3.44. The molecule has 0 aliphatic rings. The highest BCUT2D eigenvalue weighted by Gasteiger charge is 2.18. The van der Waals surface area contributed by atoms with Crippen LogP contribution in [-0.2, 0) is 0 Å². The molecule has 0 fully saturated rings. The molecular weight excluding hydrogens is 388 g/mol. The van der Waals surface area contributed by atoms with E-state index in [1.807, 2.05) is 42.5 Å². The molecule has 0 unspecified atom stereocenters. The molecule has 4 aromatic rings. The highest BCUT2D eigenvalue weighted by atomic mass is 35.5. The van der Waals surface area contributed by atoms with E-state index in [9.17, 15) is 0 Å². The number of methoxy groups -OCH3 is 2. The lowest BCUT2D eigenvalue weighted by atomic mass is 10.2. The van der Waals surface area contributed by atoms with Crippen molar-refractivity contribution < 1.29 is 9.47 Å². The van der Waals surface area contributed by atoms with Crippen molar-refractivity contribution in [1.82, 2.24) is 14.5 Å². The number of nitrogens with one attached hydrogen (secondary N) is 1. The normalized spacial score (nSPS) is 10.9.